The highest BCUT2D eigenvalue weighted by molar-refractivity contribution is 6.06. The number of fused-ring (bicyclic) bond motifs is 1. The number of hydrogen-bond acceptors (Lipinski definition) is 3. The number of carbonyl (C=O) groups is 1. The van der Waals surface area contributed by atoms with Gasteiger partial charge >= 0.3 is 0 Å². The van der Waals surface area contributed by atoms with Crippen molar-refractivity contribution in [2.45, 2.75) is 32.1 Å². The Kier molecular flexibility index (Phi) is 3.57. The molecule has 1 aliphatic heterocycles. The number of hydrogen-bond donors (Lipinski definition) is 1. The molecule has 120 valence electrons. The summed E-state index contributed by atoms with van der Waals surface area (Å²) < 4.78 is 0. The molecule has 0 spiro atoms. The van der Waals surface area contributed by atoms with Crippen LogP contribution >= 0.6 is 0 Å². The van der Waals surface area contributed by atoms with E-state index in [0.29, 0.717) is 12.5 Å². The minimum Gasteiger partial charge on any atom is -0.396 e. The van der Waals surface area contributed by atoms with Gasteiger partial charge in [0.05, 0.1) is 11.1 Å². The quantitative estimate of drug-likeness (QED) is 0.948. The van der Waals surface area contributed by atoms with Crippen molar-refractivity contribution in [1.29, 1.82) is 0 Å². The van der Waals surface area contributed by atoms with Gasteiger partial charge in [-0.2, -0.15) is 0 Å². The van der Waals surface area contributed by atoms with Crippen LogP contribution in [0.4, 0.5) is 0 Å². The van der Waals surface area contributed by atoms with E-state index in [1.165, 1.54) is 12.8 Å². The molecule has 1 aromatic heterocycles. The Hall–Kier alpha value is -1.94. The third-order valence-electron chi connectivity index (χ3n) is 5.04. The highest BCUT2D eigenvalue weighted by atomic mass is 16.3. The fraction of sp³-hybridized carbons (Fsp3) is 0.474. The van der Waals surface area contributed by atoms with Gasteiger partial charge in [0.15, 0.2) is 0 Å². The Bertz CT molecular complexity index is 767. The molecule has 1 saturated heterocycles. The predicted molar refractivity (Wildman–Crippen MR) is 89.6 cm³/mol. The molecular weight excluding hydrogens is 288 g/mol. The van der Waals surface area contributed by atoms with Crippen LogP contribution in [0.3, 0.4) is 0 Å². The van der Waals surface area contributed by atoms with E-state index in [4.69, 9.17) is 4.98 Å². The summed E-state index contributed by atoms with van der Waals surface area (Å²) in [4.78, 5) is 19.7. The summed E-state index contributed by atoms with van der Waals surface area (Å²) in [5.41, 5.74) is 3.89. The van der Waals surface area contributed by atoms with Crippen molar-refractivity contribution in [3.8, 4) is 0 Å². The molecule has 0 radical (unpaired) electrons. The van der Waals surface area contributed by atoms with Crippen molar-refractivity contribution in [1.82, 2.24) is 9.88 Å². The van der Waals surface area contributed by atoms with Crippen LogP contribution in [0.25, 0.3) is 10.9 Å². The number of amides is 1. The predicted octanol–water partition coefficient (Wildman–Crippen LogP) is 2.88. The fourth-order valence-electron chi connectivity index (χ4n) is 3.46. The third kappa shape index (κ3) is 2.72. The number of aliphatic hydroxyl groups is 1. The summed E-state index contributed by atoms with van der Waals surface area (Å²) in [5.74, 6) is 0.827. The second kappa shape index (κ2) is 5.60. The van der Waals surface area contributed by atoms with Crippen molar-refractivity contribution in [2.75, 3.05) is 19.7 Å². The SMILES string of the molecule is Cc1ccc2nc(C3CC3)cc(C(=O)N3CCC(CO)C3)c2c1. The molecule has 4 nitrogen and oxygen atoms in total. The lowest BCUT2D eigenvalue weighted by Gasteiger charge is -2.18. The maximum Gasteiger partial charge on any atom is 0.254 e. The van der Waals surface area contributed by atoms with Gasteiger partial charge in [0.1, 0.15) is 0 Å². The molecule has 1 saturated carbocycles. The number of likely N-dealkylation sites (tertiary alicyclic amines) is 1. The smallest absolute Gasteiger partial charge is 0.254 e. The Balaban J connectivity index is 1.77. The standard InChI is InChI=1S/C19H22N2O2/c1-12-2-5-17-15(8-12)16(9-18(20-17)14-3-4-14)19(23)21-7-6-13(10-21)11-22/h2,5,8-9,13-14,22H,3-4,6-7,10-11H2,1H3. The van der Waals surface area contributed by atoms with E-state index < -0.39 is 0 Å². The second-order valence-corrected chi connectivity index (χ2v) is 6.98. The van der Waals surface area contributed by atoms with Crippen molar-refractivity contribution < 1.29 is 9.90 Å². The van der Waals surface area contributed by atoms with Gasteiger partial charge in [-0.1, -0.05) is 11.6 Å². The molecular formula is C19H22N2O2. The van der Waals surface area contributed by atoms with Crippen LogP contribution in [0.1, 0.15) is 46.8 Å². The number of carbonyl (C=O) groups excluding carboxylic acids is 1. The number of pyridine rings is 1. The van der Waals surface area contributed by atoms with Gasteiger partial charge in [-0.3, -0.25) is 9.78 Å². The molecule has 1 N–H and O–H groups in total. The average Bonchev–Trinajstić information content (AvgIpc) is 3.30. The van der Waals surface area contributed by atoms with Gasteiger partial charge in [0.25, 0.3) is 5.91 Å². The summed E-state index contributed by atoms with van der Waals surface area (Å²) in [6, 6.07) is 8.14. The van der Waals surface area contributed by atoms with E-state index in [-0.39, 0.29) is 18.4 Å². The number of aromatic nitrogens is 1. The zero-order chi connectivity index (χ0) is 16.0. The number of rotatable bonds is 3. The van der Waals surface area contributed by atoms with Gasteiger partial charge in [-0.25, -0.2) is 0 Å². The van der Waals surface area contributed by atoms with Crippen LogP contribution in [0.2, 0.25) is 0 Å². The molecule has 2 aliphatic rings. The van der Waals surface area contributed by atoms with Crippen molar-refractivity contribution >= 4 is 16.8 Å². The highest BCUT2D eigenvalue weighted by Crippen LogP contribution is 2.40. The fourth-order valence-corrected chi connectivity index (χ4v) is 3.46. The summed E-state index contributed by atoms with van der Waals surface area (Å²) in [6.45, 7) is 3.59. The summed E-state index contributed by atoms with van der Waals surface area (Å²) >= 11 is 0. The molecule has 2 heterocycles. The van der Waals surface area contributed by atoms with Gasteiger partial charge in [-0.15, -0.1) is 0 Å². The first-order valence-electron chi connectivity index (χ1n) is 8.47. The number of nitrogens with zero attached hydrogens (tertiary/aromatic N) is 2. The largest absolute Gasteiger partial charge is 0.396 e. The van der Waals surface area contributed by atoms with Gasteiger partial charge in [-0.05, 0) is 44.4 Å². The topological polar surface area (TPSA) is 53.4 Å². The van der Waals surface area contributed by atoms with Crippen LogP contribution in [-0.2, 0) is 0 Å². The zero-order valence-electron chi connectivity index (χ0n) is 13.5. The molecule has 4 heteroatoms. The van der Waals surface area contributed by atoms with Crippen LogP contribution in [-0.4, -0.2) is 40.6 Å². The van der Waals surface area contributed by atoms with Crippen LogP contribution in [0.5, 0.6) is 0 Å². The van der Waals surface area contributed by atoms with Crippen LogP contribution in [0, 0.1) is 12.8 Å². The second-order valence-electron chi connectivity index (χ2n) is 6.98. The minimum atomic E-state index is 0.0841. The molecule has 23 heavy (non-hydrogen) atoms. The van der Waals surface area contributed by atoms with Gasteiger partial charge in [0, 0.05) is 42.6 Å². The molecule has 1 aliphatic carbocycles. The molecule has 4 rings (SSSR count). The number of aryl methyl sites for hydroxylation is 1. The summed E-state index contributed by atoms with van der Waals surface area (Å²) in [6.07, 6.45) is 3.24. The molecule has 0 bridgehead atoms. The Morgan fingerprint density at radius 1 is 1.30 bits per heavy atom. The lowest BCUT2D eigenvalue weighted by atomic mass is 10.0. The number of aliphatic hydroxyl groups excluding tert-OH is 1. The first kappa shape index (κ1) is 14.6. The molecule has 2 aromatic rings. The number of benzene rings is 1. The maximum absolute atomic E-state index is 13.0. The van der Waals surface area contributed by atoms with Gasteiger partial charge < -0.3 is 10.0 Å². The lowest BCUT2D eigenvalue weighted by molar-refractivity contribution is 0.0783. The van der Waals surface area contributed by atoms with E-state index >= 15 is 0 Å². The van der Waals surface area contributed by atoms with Gasteiger partial charge in [0.2, 0.25) is 0 Å². The Morgan fingerprint density at radius 2 is 2.13 bits per heavy atom. The maximum atomic E-state index is 13.0. The van der Waals surface area contributed by atoms with Crippen molar-refractivity contribution in [3.63, 3.8) is 0 Å². The Labute approximate surface area is 136 Å². The van der Waals surface area contributed by atoms with E-state index in [1.54, 1.807) is 0 Å². The molecule has 1 unspecified atom stereocenters. The normalized spacial score (nSPS) is 21.1. The van der Waals surface area contributed by atoms with Crippen LogP contribution in [0.15, 0.2) is 24.3 Å². The summed E-state index contributed by atoms with van der Waals surface area (Å²) in [5, 5.41) is 10.3. The third-order valence-corrected chi connectivity index (χ3v) is 5.04. The van der Waals surface area contributed by atoms with Crippen molar-refractivity contribution in [2.24, 2.45) is 5.92 Å². The van der Waals surface area contributed by atoms with Crippen LogP contribution < -0.4 is 0 Å². The monoisotopic (exact) mass is 310 g/mol. The molecule has 1 amide bonds. The molecule has 1 atom stereocenters. The first-order valence-corrected chi connectivity index (χ1v) is 8.47. The van der Waals surface area contributed by atoms with Crippen molar-refractivity contribution in [3.05, 3.63) is 41.1 Å². The lowest BCUT2D eigenvalue weighted by Crippen LogP contribution is -2.29. The van der Waals surface area contributed by atoms with E-state index in [9.17, 15) is 9.90 Å². The van der Waals surface area contributed by atoms with E-state index in [0.717, 1.165) is 40.7 Å². The summed E-state index contributed by atoms with van der Waals surface area (Å²) in [7, 11) is 0. The van der Waals surface area contributed by atoms with E-state index in [1.807, 2.05) is 24.0 Å². The zero-order valence-corrected chi connectivity index (χ0v) is 13.5. The molecule has 1 aromatic carbocycles. The minimum absolute atomic E-state index is 0.0841. The Morgan fingerprint density at radius 3 is 2.83 bits per heavy atom. The van der Waals surface area contributed by atoms with E-state index in [2.05, 4.69) is 12.1 Å². The molecule has 2 fully saturated rings. The first-order chi connectivity index (χ1) is 11.2. The average molecular weight is 310 g/mol. The highest BCUT2D eigenvalue weighted by Gasteiger charge is 2.30.